The fourth-order valence-corrected chi connectivity index (χ4v) is 7.70. The molecule has 16 unspecified atom stereocenters. The number of carboxylic acid groups (broad SMARTS) is 1. The van der Waals surface area contributed by atoms with E-state index >= 15 is 0 Å². The highest BCUT2D eigenvalue weighted by Crippen LogP contribution is 2.47. The van der Waals surface area contributed by atoms with Crippen LogP contribution < -0.4 is 4.74 Å². The molecule has 70 heavy (non-hydrogen) atoms. The van der Waals surface area contributed by atoms with E-state index in [2.05, 4.69) is 0 Å². The maximum Gasteiger partial charge on any atom is 0.330 e. The summed E-state index contributed by atoms with van der Waals surface area (Å²) in [5.74, 6) is -4.80. The number of ether oxygens (including phenoxy) is 9. The molecular weight excluding hydrogens is 940 g/mol. The second-order valence-corrected chi connectivity index (χ2v) is 16.4. The highest BCUT2D eigenvalue weighted by Gasteiger charge is 2.53. The predicted molar refractivity (Wildman–Crippen MR) is 228 cm³/mol. The van der Waals surface area contributed by atoms with Gasteiger partial charge in [0.25, 0.3) is 11.9 Å². The molecular formula is C45H51O25+. The molecule has 25 heteroatoms. The number of carboxylic acids is 1. The van der Waals surface area contributed by atoms with E-state index in [0.717, 1.165) is 12.1 Å². The lowest BCUT2D eigenvalue weighted by molar-refractivity contribution is -0.364. The van der Waals surface area contributed by atoms with Crippen molar-refractivity contribution in [2.45, 2.75) is 105 Å². The standard InChI is InChI=1S/C45H50O25/c46-15-27-33(54)36(57)40(61)44(67-27)70-42-38(59)35(56)29(16-62-31(52)10-3-18-1-6-20(47)7-2-18)69-45(42)66-26-13-23-24(64-41(26)19-4-8-21(48)9-5-19)11-22(49)12-25(23)65-43-39(60)37(58)34(55)28(68-43)17-63-32(53)14-30(50)51/h1-13,27-29,33-49,54-61H,14-17H2,(H,50,51)/p+1. The Morgan fingerprint density at radius 3 is 1.84 bits per heavy atom. The van der Waals surface area contributed by atoms with E-state index in [1.165, 1.54) is 66.7 Å². The van der Waals surface area contributed by atoms with Crippen molar-refractivity contribution in [2.75, 3.05) is 19.8 Å². The summed E-state index contributed by atoms with van der Waals surface area (Å²) in [7, 11) is 0. The third-order valence-corrected chi connectivity index (χ3v) is 11.5. The maximum atomic E-state index is 12.8. The van der Waals surface area contributed by atoms with Crippen molar-refractivity contribution in [3.8, 4) is 28.7 Å². The lowest BCUT2D eigenvalue weighted by Crippen LogP contribution is -2.64. The summed E-state index contributed by atoms with van der Waals surface area (Å²) in [6, 6.07) is 13.6. The zero-order valence-corrected chi connectivity index (χ0v) is 36.3. The van der Waals surface area contributed by atoms with Crippen LogP contribution in [0.5, 0.6) is 28.7 Å². The molecule has 0 saturated carbocycles. The lowest BCUT2D eigenvalue weighted by atomic mass is 9.97. The van der Waals surface area contributed by atoms with E-state index in [0.29, 0.717) is 11.1 Å². The first-order valence-electron chi connectivity index (χ1n) is 21.4. The average Bonchev–Trinajstić information content (AvgIpc) is 3.32. The van der Waals surface area contributed by atoms with E-state index in [-0.39, 0.29) is 34.3 Å². The summed E-state index contributed by atoms with van der Waals surface area (Å²) in [4.78, 5) is 35.7. The molecule has 0 bridgehead atoms. The molecule has 0 aliphatic carbocycles. The fourth-order valence-electron chi connectivity index (χ4n) is 7.70. The average molecular weight is 992 g/mol. The molecule has 3 saturated heterocycles. The molecule has 4 aliphatic rings. The molecule has 0 amide bonds. The van der Waals surface area contributed by atoms with E-state index in [1.807, 2.05) is 0 Å². The van der Waals surface area contributed by atoms with Gasteiger partial charge in [-0.2, -0.15) is 0 Å². The Hall–Kier alpha value is -6.17. The number of hydrogen-bond acceptors (Lipinski definition) is 23. The van der Waals surface area contributed by atoms with Crippen LogP contribution in [0.15, 0.2) is 72.5 Å². The van der Waals surface area contributed by atoms with E-state index in [1.54, 1.807) is 0 Å². The SMILES string of the molecule is O=C(O)CC(=O)OCC1OC(Oc2cc(O)cc3c2C=C(OC2OC(COC(=O)C=Cc4ccc(O)cc4)C(O)C(O)C2OC2OC(CO)C(O)C(O)C2O)C(c2ccc(O)cc2)[OH+]3)C(O)C(O)C1O. The van der Waals surface area contributed by atoms with Crippen LogP contribution >= 0.6 is 0 Å². The van der Waals surface area contributed by atoms with Crippen molar-refractivity contribution >= 4 is 30.1 Å². The van der Waals surface area contributed by atoms with Crippen LogP contribution in [0.2, 0.25) is 0 Å². The number of esters is 2. The summed E-state index contributed by atoms with van der Waals surface area (Å²) < 4.78 is 50.5. The Morgan fingerprint density at radius 1 is 0.629 bits per heavy atom. The minimum atomic E-state index is -2.05. The normalized spacial score (nSPS) is 33.0. The zero-order valence-electron chi connectivity index (χ0n) is 36.3. The van der Waals surface area contributed by atoms with Crippen LogP contribution in [0, 0.1) is 0 Å². The summed E-state index contributed by atoms with van der Waals surface area (Å²) in [6.45, 7) is -2.38. The molecule has 14 N–H and O–H groups in total. The summed E-state index contributed by atoms with van der Waals surface area (Å²) in [5, 5.41) is 136. The molecule has 3 aromatic carbocycles. The summed E-state index contributed by atoms with van der Waals surface area (Å²) in [5.41, 5.74) is 0.802. The molecule has 3 fully saturated rings. The van der Waals surface area contributed by atoms with Crippen molar-refractivity contribution in [2.24, 2.45) is 0 Å². The van der Waals surface area contributed by atoms with E-state index in [4.69, 9.17) is 47.7 Å². The number of aliphatic hydroxyl groups is 10. The summed E-state index contributed by atoms with van der Waals surface area (Å²) in [6.07, 6.45) is -26.5. The number of phenolic OH excluding ortho intramolecular Hbond substituents is 3. The van der Waals surface area contributed by atoms with Crippen molar-refractivity contribution in [1.82, 2.24) is 0 Å². The topological polar surface area (TPSA) is 401 Å². The van der Waals surface area contributed by atoms with Gasteiger partial charge in [0.05, 0.1) is 18.2 Å². The lowest BCUT2D eigenvalue weighted by Gasteiger charge is -2.46. The largest absolute Gasteiger partial charge is 0.571 e. The van der Waals surface area contributed by atoms with Gasteiger partial charge in [0, 0.05) is 18.2 Å². The van der Waals surface area contributed by atoms with E-state index < -0.39 is 148 Å². The third kappa shape index (κ3) is 11.9. The van der Waals surface area contributed by atoms with Gasteiger partial charge in [-0.05, 0) is 48.0 Å². The number of phenols is 3. The fraction of sp³-hybridized carbons (Fsp3) is 0.444. The molecule has 380 valence electrons. The maximum absolute atomic E-state index is 12.8. The number of aliphatic hydroxyl groups excluding tert-OH is 9. The van der Waals surface area contributed by atoms with Crippen molar-refractivity contribution in [3.05, 3.63) is 89.2 Å². The highest BCUT2D eigenvalue weighted by molar-refractivity contribution is 5.90. The van der Waals surface area contributed by atoms with Crippen LogP contribution in [0.4, 0.5) is 0 Å². The van der Waals surface area contributed by atoms with Gasteiger partial charge in [0.15, 0.2) is 18.2 Å². The Bertz CT molecular complexity index is 2360. The second kappa shape index (κ2) is 22.3. The first kappa shape index (κ1) is 51.7. The van der Waals surface area contributed by atoms with Crippen LogP contribution in [0.25, 0.3) is 12.2 Å². The van der Waals surface area contributed by atoms with Crippen LogP contribution in [0.1, 0.15) is 29.2 Å². The number of benzene rings is 3. The molecule has 0 spiro atoms. The Balaban J connectivity index is 1.22. The monoisotopic (exact) mass is 991 g/mol. The number of fused-ring (bicyclic) bond motifs is 1. The molecule has 7 rings (SSSR count). The van der Waals surface area contributed by atoms with Gasteiger partial charge in [-0.1, -0.05) is 12.1 Å². The molecule has 4 aliphatic heterocycles. The Morgan fingerprint density at radius 2 is 1.20 bits per heavy atom. The van der Waals surface area contributed by atoms with Gasteiger partial charge < -0.3 is 109 Å². The van der Waals surface area contributed by atoms with Crippen molar-refractivity contribution < 1.29 is 123 Å². The second-order valence-electron chi connectivity index (χ2n) is 16.4. The molecule has 0 aromatic heterocycles. The summed E-state index contributed by atoms with van der Waals surface area (Å²) >= 11 is 0. The first-order chi connectivity index (χ1) is 33.3. The first-order valence-corrected chi connectivity index (χ1v) is 21.4. The van der Waals surface area contributed by atoms with E-state index in [9.17, 15) is 75.7 Å². The van der Waals surface area contributed by atoms with Crippen LogP contribution in [-0.2, 0) is 47.5 Å². The van der Waals surface area contributed by atoms with Gasteiger partial charge in [-0.3, -0.25) is 9.59 Å². The minimum Gasteiger partial charge on any atom is -0.571 e. The van der Waals surface area contributed by atoms with Gasteiger partial charge in [-0.25, -0.2) is 4.79 Å². The molecule has 0 radical (unpaired) electrons. The van der Waals surface area contributed by atoms with Crippen LogP contribution in [0.3, 0.4) is 0 Å². The van der Waals surface area contributed by atoms with Crippen molar-refractivity contribution in [1.29, 1.82) is 0 Å². The van der Waals surface area contributed by atoms with Gasteiger partial charge in [0.1, 0.15) is 115 Å². The highest BCUT2D eigenvalue weighted by atomic mass is 16.8. The smallest absolute Gasteiger partial charge is 0.330 e. The predicted octanol–water partition coefficient (Wildman–Crippen LogP) is -2.75. The Labute approximate surface area is 395 Å². The van der Waals surface area contributed by atoms with Gasteiger partial charge in [-0.15, -0.1) is 0 Å². The molecule has 3 aromatic rings. The van der Waals surface area contributed by atoms with Crippen LogP contribution in [-0.4, -0.2) is 201 Å². The Kier molecular flexibility index (Phi) is 16.4. The quantitative estimate of drug-likeness (QED) is 0.0299. The molecule has 25 nitrogen and oxygen atoms in total. The molecule has 16 atom stereocenters. The molecule has 4 heterocycles. The van der Waals surface area contributed by atoms with Gasteiger partial charge in [0.2, 0.25) is 12.6 Å². The minimum absolute atomic E-state index is 0.00950. The number of aromatic hydroxyl groups is 4. The number of hydrogen-bond donors (Lipinski definition) is 13. The van der Waals surface area contributed by atoms with Gasteiger partial charge >= 0.3 is 17.9 Å². The van der Waals surface area contributed by atoms with Crippen molar-refractivity contribution in [3.63, 3.8) is 0 Å². The number of carbonyl (C=O) groups is 3. The number of rotatable bonds is 16. The number of aliphatic carboxylic acids is 1. The number of carbonyl (C=O) groups excluding carboxylic acids is 2. The zero-order chi connectivity index (χ0) is 50.6. The third-order valence-electron chi connectivity index (χ3n) is 11.5.